The second-order valence-electron chi connectivity index (χ2n) is 4.78. The molecule has 1 aromatic carbocycles. The highest BCUT2D eigenvalue weighted by molar-refractivity contribution is 7.91. The number of halogens is 1. The van der Waals surface area contributed by atoms with E-state index < -0.39 is 21.9 Å². The van der Waals surface area contributed by atoms with Crippen molar-refractivity contribution in [1.82, 2.24) is 10.3 Å². The SMILES string of the molecule is O=C(Nc1nccs1)N[C@H]1CCS(=O)(=O)c2ccc(Cl)cc21. The third kappa shape index (κ3) is 3.08. The second-order valence-corrected chi connectivity index (χ2v) is 8.19. The molecule has 0 saturated carbocycles. The first-order chi connectivity index (χ1) is 10.5. The number of sulfone groups is 1. The van der Waals surface area contributed by atoms with Gasteiger partial charge in [-0.3, -0.25) is 5.32 Å². The molecule has 1 aliphatic rings. The van der Waals surface area contributed by atoms with E-state index >= 15 is 0 Å². The van der Waals surface area contributed by atoms with E-state index in [1.165, 1.54) is 23.5 Å². The summed E-state index contributed by atoms with van der Waals surface area (Å²) in [6.07, 6.45) is 1.89. The molecule has 0 aliphatic carbocycles. The number of nitrogens with one attached hydrogen (secondary N) is 2. The maximum absolute atomic E-state index is 12.1. The lowest BCUT2D eigenvalue weighted by atomic mass is 10.0. The summed E-state index contributed by atoms with van der Waals surface area (Å²) in [6, 6.07) is 3.78. The van der Waals surface area contributed by atoms with E-state index in [2.05, 4.69) is 15.6 Å². The van der Waals surface area contributed by atoms with Crippen molar-refractivity contribution in [2.45, 2.75) is 17.4 Å². The van der Waals surface area contributed by atoms with Gasteiger partial charge in [0, 0.05) is 16.6 Å². The fraction of sp³-hybridized carbons (Fsp3) is 0.231. The summed E-state index contributed by atoms with van der Waals surface area (Å²) >= 11 is 7.26. The van der Waals surface area contributed by atoms with Crippen LogP contribution in [0.25, 0.3) is 0 Å². The lowest BCUT2D eigenvalue weighted by Gasteiger charge is -2.26. The minimum Gasteiger partial charge on any atom is -0.331 e. The lowest BCUT2D eigenvalue weighted by Crippen LogP contribution is -2.36. The molecule has 6 nitrogen and oxygen atoms in total. The van der Waals surface area contributed by atoms with E-state index in [0.717, 1.165) is 0 Å². The van der Waals surface area contributed by atoms with Gasteiger partial charge in [-0.15, -0.1) is 11.3 Å². The molecule has 0 fully saturated rings. The number of hydrogen-bond donors (Lipinski definition) is 2. The van der Waals surface area contributed by atoms with E-state index in [-0.39, 0.29) is 10.6 Å². The van der Waals surface area contributed by atoms with Crippen LogP contribution in [0.2, 0.25) is 5.02 Å². The van der Waals surface area contributed by atoms with Crippen LogP contribution in [0.15, 0.2) is 34.7 Å². The Hall–Kier alpha value is -1.64. The molecule has 9 heteroatoms. The van der Waals surface area contributed by atoms with Crippen LogP contribution in [0.4, 0.5) is 9.93 Å². The molecular formula is C13H12ClN3O3S2. The van der Waals surface area contributed by atoms with Gasteiger partial charge in [-0.1, -0.05) is 11.6 Å². The highest BCUT2D eigenvalue weighted by Gasteiger charge is 2.31. The van der Waals surface area contributed by atoms with Crippen molar-refractivity contribution in [2.24, 2.45) is 0 Å². The first-order valence-electron chi connectivity index (χ1n) is 6.45. The third-order valence-corrected chi connectivity index (χ3v) is 6.05. The number of carbonyl (C=O) groups excluding carboxylic acids is 1. The number of amides is 2. The molecule has 2 aromatic rings. The first-order valence-corrected chi connectivity index (χ1v) is 9.36. The van der Waals surface area contributed by atoms with Gasteiger partial charge in [-0.2, -0.15) is 0 Å². The Balaban J connectivity index is 1.83. The molecule has 3 rings (SSSR count). The van der Waals surface area contributed by atoms with Crippen LogP contribution in [0.1, 0.15) is 18.0 Å². The van der Waals surface area contributed by atoms with Crippen molar-refractivity contribution in [2.75, 3.05) is 11.1 Å². The first kappa shape index (κ1) is 15.3. The summed E-state index contributed by atoms with van der Waals surface area (Å²) in [7, 11) is -3.32. The van der Waals surface area contributed by atoms with Crippen LogP contribution in [0.5, 0.6) is 0 Å². The third-order valence-electron chi connectivity index (χ3n) is 3.32. The van der Waals surface area contributed by atoms with Gasteiger partial charge >= 0.3 is 6.03 Å². The Kier molecular flexibility index (Phi) is 4.07. The number of nitrogens with zero attached hydrogens (tertiary/aromatic N) is 1. The summed E-state index contributed by atoms with van der Waals surface area (Å²) in [4.78, 5) is 16.2. The number of urea groups is 1. The van der Waals surface area contributed by atoms with Crippen LogP contribution >= 0.6 is 22.9 Å². The number of anilines is 1. The molecular weight excluding hydrogens is 346 g/mol. The molecule has 22 heavy (non-hydrogen) atoms. The number of fused-ring (bicyclic) bond motifs is 1. The predicted octanol–water partition coefficient (Wildman–Crippen LogP) is 2.84. The molecule has 0 unspecified atom stereocenters. The Bertz CT molecular complexity index is 806. The van der Waals surface area contributed by atoms with Crippen molar-refractivity contribution < 1.29 is 13.2 Å². The molecule has 0 radical (unpaired) electrons. The van der Waals surface area contributed by atoms with Crippen molar-refractivity contribution >= 4 is 43.9 Å². The molecule has 1 atom stereocenters. The van der Waals surface area contributed by atoms with Crippen molar-refractivity contribution in [3.05, 3.63) is 40.4 Å². The van der Waals surface area contributed by atoms with Gasteiger partial charge in [0.05, 0.1) is 16.7 Å². The van der Waals surface area contributed by atoms with E-state index in [1.54, 1.807) is 17.6 Å². The van der Waals surface area contributed by atoms with Crippen LogP contribution in [-0.4, -0.2) is 25.2 Å². The van der Waals surface area contributed by atoms with Crippen LogP contribution in [-0.2, 0) is 9.84 Å². The minimum atomic E-state index is -3.32. The molecule has 0 saturated heterocycles. The monoisotopic (exact) mass is 357 g/mol. The topological polar surface area (TPSA) is 88.2 Å². The normalized spacial score (nSPS) is 19.2. The van der Waals surface area contributed by atoms with Crippen LogP contribution in [0, 0.1) is 0 Å². The number of rotatable bonds is 2. The quantitative estimate of drug-likeness (QED) is 0.865. The average Bonchev–Trinajstić information content (AvgIpc) is 2.94. The van der Waals surface area contributed by atoms with Crippen LogP contribution in [0.3, 0.4) is 0 Å². The summed E-state index contributed by atoms with van der Waals surface area (Å²) < 4.78 is 24.2. The zero-order valence-electron chi connectivity index (χ0n) is 11.2. The molecule has 116 valence electrons. The Morgan fingerprint density at radius 2 is 2.23 bits per heavy atom. The minimum absolute atomic E-state index is 0.0101. The van der Waals surface area contributed by atoms with Gasteiger partial charge < -0.3 is 5.32 Å². The van der Waals surface area contributed by atoms with Crippen molar-refractivity contribution in [3.8, 4) is 0 Å². The highest BCUT2D eigenvalue weighted by atomic mass is 35.5. The van der Waals surface area contributed by atoms with Gasteiger partial charge in [-0.25, -0.2) is 18.2 Å². The number of aromatic nitrogens is 1. The summed E-state index contributed by atoms with van der Waals surface area (Å²) in [5.41, 5.74) is 0.521. The Morgan fingerprint density at radius 3 is 2.95 bits per heavy atom. The summed E-state index contributed by atoms with van der Waals surface area (Å²) in [5, 5.41) is 8.04. The lowest BCUT2D eigenvalue weighted by molar-refractivity contribution is 0.248. The van der Waals surface area contributed by atoms with Crippen molar-refractivity contribution in [3.63, 3.8) is 0 Å². The number of benzene rings is 1. The van der Waals surface area contributed by atoms with Gasteiger partial charge in [0.2, 0.25) is 0 Å². The highest BCUT2D eigenvalue weighted by Crippen LogP contribution is 2.34. The maximum Gasteiger partial charge on any atom is 0.321 e. The van der Waals surface area contributed by atoms with E-state index in [0.29, 0.717) is 22.1 Å². The molecule has 2 amide bonds. The average molecular weight is 358 g/mol. The molecule has 0 bridgehead atoms. The van der Waals surface area contributed by atoms with E-state index in [9.17, 15) is 13.2 Å². The largest absolute Gasteiger partial charge is 0.331 e. The maximum atomic E-state index is 12.1. The summed E-state index contributed by atoms with van der Waals surface area (Å²) in [6.45, 7) is 0. The number of hydrogen-bond acceptors (Lipinski definition) is 5. The zero-order chi connectivity index (χ0) is 15.7. The molecule has 1 aliphatic heterocycles. The Labute approximate surface area is 136 Å². The van der Waals surface area contributed by atoms with E-state index in [4.69, 9.17) is 11.6 Å². The van der Waals surface area contributed by atoms with Crippen LogP contribution < -0.4 is 10.6 Å². The van der Waals surface area contributed by atoms with E-state index in [1.807, 2.05) is 0 Å². The standard InChI is InChI=1S/C13H12ClN3O3S2/c14-8-1-2-11-9(7-8)10(3-6-22(11,19)20)16-12(18)17-13-15-4-5-21-13/h1-2,4-5,7,10H,3,6H2,(H2,15,16,17,18)/t10-/m0/s1. The molecule has 0 spiro atoms. The summed E-state index contributed by atoms with van der Waals surface area (Å²) in [5.74, 6) is -0.0101. The smallest absolute Gasteiger partial charge is 0.321 e. The fourth-order valence-electron chi connectivity index (χ4n) is 2.34. The van der Waals surface area contributed by atoms with Gasteiger partial charge in [-0.05, 0) is 30.2 Å². The second kappa shape index (κ2) is 5.86. The molecule has 1 aromatic heterocycles. The van der Waals surface area contributed by atoms with Gasteiger partial charge in [0.15, 0.2) is 15.0 Å². The number of thiazole rings is 1. The zero-order valence-corrected chi connectivity index (χ0v) is 13.6. The fourth-order valence-corrected chi connectivity index (χ4v) is 4.65. The molecule has 2 heterocycles. The van der Waals surface area contributed by atoms with Gasteiger partial charge in [0.25, 0.3) is 0 Å². The van der Waals surface area contributed by atoms with Crippen molar-refractivity contribution in [1.29, 1.82) is 0 Å². The van der Waals surface area contributed by atoms with Gasteiger partial charge in [0.1, 0.15) is 0 Å². The Morgan fingerprint density at radius 1 is 1.41 bits per heavy atom. The number of carbonyl (C=O) groups is 1. The predicted molar refractivity (Wildman–Crippen MR) is 85.1 cm³/mol. The molecule has 2 N–H and O–H groups in total.